The summed E-state index contributed by atoms with van der Waals surface area (Å²) in [6.45, 7) is 1.29. The van der Waals surface area contributed by atoms with Crippen LogP contribution in [-0.2, 0) is 9.16 Å². The average Bonchev–Trinajstić information content (AvgIpc) is 2.46. The number of benzene rings is 2. The summed E-state index contributed by atoms with van der Waals surface area (Å²) in [4.78, 5) is 0. The lowest BCUT2D eigenvalue weighted by atomic mass is 10.4. The number of methoxy groups -OCH3 is 1. The van der Waals surface area contributed by atoms with Crippen LogP contribution in [0.15, 0.2) is 60.7 Å². The molecule has 0 aliphatic rings. The van der Waals surface area contributed by atoms with Crippen LogP contribution >= 0.6 is 0 Å². The number of ether oxygens (including phenoxy) is 1. The first-order chi connectivity index (χ1) is 8.92. The lowest BCUT2D eigenvalue weighted by Gasteiger charge is -2.16. The highest BCUT2D eigenvalue weighted by Crippen LogP contribution is 1.94. The first kappa shape index (κ1) is 13.0. The third-order valence-corrected chi connectivity index (χ3v) is 5.33. The van der Waals surface area contributed by atoms with Gasteiger partial charge in [0, 0.05) is 7.11 Å². The van der Waals surface area contributed by atoms with Crippen molar-refractivity contribution < 1.29 is 9.16 Å². The van der Waals surface area contributed by atoms with Crippen molar-refractivity contribution in [2.75, 3.05) is 20.3 Å². The van der Waals surface area contributed by atoms with Crippen LogP contribution in [0.4, 0.5) is 0 Å². The molecule has 2 aromatic carbocycles. The molecule has 0 aromatic heterocycles. The quantitative estimate of drug-likeness (QED) is 0.572. The molecule has 0 aliphatic carbocycles. The Bertz CT molecular complexity index is 405. The summed E-state index contributed by atoms with van der Waals surface area (Å²) < 4.78 is 11.1. The van der Waals surface area contributed by atoms with Gasteiger partial charge in [0.05, 0.1) is 13.2 Å². The van der Waals surface area contributed by atoms with E-state index in [1.165, 1.54) is 10.4 Å². The third kappa shape index (κ3) is 3.53. The van der Waals surface area contributed by atoms with E-state index in [1.54, 1.807) is 7.11 Å². The van der Waals surface area contributed by atoms with E-state index in [0.717, 1.165) is 0 Å². The molecule has 0 bridgehead atoms. The van der Waals surface area contributed by atoms with Gasteiger partial charge in [-0.2, -0.15) is 0 Å². The monoisotopic (exact) mass is 258 g/mol. The van der Waals surface area contributed by atoms with E-state index < -0.39 is 9.04 Å². The summed E-state index contributed by atoms with van der Waals surface area (Å²) in [7, 11) is 0.137. The van der Waals surface area contributed by atoms with Gasteiger partial charge in [0.15, 0.2) is 0 Å². The van der Waals surface area contributed by atoms with Gasteiger partial charge in [-0.05, 0) is 10.4 Å². The van der Waals surface area contributed by atoms with E-state index >= 15 is 0 Å². The second-order valence-corrected chi connectivity index (χ2v) is 6.49. The maximum atomic E-state index is 6.07. The smallest absolute Gasteiger partial charge is 0.239 e. The predicted octanol–water partition coefficient (Wildman–Crippen LogP) is 1.19. The average molecular weight is 258 g/mol. The van der Waals surface area contributed by atoms with Crippen molar-refractivity contribution in [3.63, 3.8) is 0 Å². The Balaban J connectivity index is 2.18. The van der Waals surface area contributed by atoms with Crippen molar-refractivity contribution in [2.24, 2.45) is 0 Å². The zero-order valence-electron chi connectivity index (χ0n) is 10.6. The fourth-order valence-corrected chi connectivity index (χ4v) is 4.14. The lowest BCUT2D eigenvalue weighted by Crippen LogP contribution is -2.45. The zero-order chi connectivity index (χ0) is 12.6. The highest BCUT2D eigenvalue weighted by Gasteiger charge is 2.16. The van der Waals surface area contributed by atoms with E-state index in [0.29, 0.717) is 13.2 Å². The highest BCUT2D eigenvalue weighted by atomic mass is 28.3. The van der Waals surface area contributed by atoms with Crippen LogP contribution in [0.25, 0.3) is 0 Å². The van der Waals surface area contributed by atoms with Gasteiger partial charge in [0.25, 0.3) is 0 Å². The number of rotatable bonds is 6. The molecule has 0 aliphatic heterocycles. The Hall–Kier alpha value is -1.42. The standard InChI is InChI=1S/C15H18O2Si/c1-16-12-13-17-18(14-8-4-2-5-9-14)15-10-6-3-7-11-15/h2-11,18H,12-13H2,1H3. The van der Waals surface area contributed by atoms with E-state index in [9.17, 15) is 0 Å². The van der Waals surface area contributed by atoms with Gasteiger partial charge in [0.2, 0.25) is 9.04 Å². The number of hydrogen-bond donors (Lipinski definition) is 0. The Kier molecular flexibility index (Phi) is 5.14. The minimum absolute atomic E-state index is 0.642. The van der Waals surface area contributed by atoms with Gasteiger partial charge in [0.1, 0.15) is 0 Å². The minimum atomic E-state index is -1.56. The first-order valence-corrected chi connectivity index (χ1v) is 7.75. The van der Waals surface area contributed by atoms with Crippen molar-refractivity contribution in [1.82, 2.24) is 0 Å². The van der Waals surface area contributed by atoms with Gasteiger partial charge in [-0.1, -0.05) is 60.7 Å². The summed E-state index contributed by atoms with van der Waals surface area (Å²) in [5.41, 5.74) is 0. The van der Waals surface area contributed by atoms with Crippen LogP contribution in [-0.4, -0.2) is 29.4 Å². The first-order valence-electron chi connectivity index (χ1n) is 6.12. The van der Waals surface area contributed by atoms with E-state index in [2.05, 4.69) is 48.5 Å². The topological polar surface area (TPSA) is 18.5 Å². The van der Waals surface area contributed by atoms with Gasteiger partial charge in [-0.25, -0.2) is 0 Å². The van der Waals surface area contributed by atoms with E-state index in [-0.39, 0.29) is 0 Å². The Morgan fingerprint density at radius 2 is 1.28 bits per heavy atom. The maximum Gasteiger partial charge on any atom is 0.239 e. The van der Waals surface area contributed by atoms with Crippen LogP contribution in [0.1, 0.15) is 0 Å². The molecule has 94 valence electrons. The Morgan fingerprint density at radius 3 is 1.72 bits per heavy atom. The third-order valence-electron chi connectivity index (χ3n) is 2.78. The molecule has 0 radical (unpaired) electrons. The summed E-state index contributed by atoms with van der Waals surface area (Å²) in [6.07, 6.45) is 0. The summed E-state index contributed by atoms with van der Waals surface area (Å²) in [5, 5.41) is 2.61. The van der Waals surface area contributed by atoms with Crippen LogP contribution < -0.4 is 10.4 Å². The molecule has 2 aromatic rings. The molecule has 2 rings (SSSR count). The molecule has 0 fully saturated rings. The van der Waals surface area contributed by atoms with Crippen molar-refractivity contribution >= 4 is 19.4 Å². The van der Waals surface area contributed by atoms with Crippen molar-refractivity contribution in [3.05, 3.63) is 60.7 Å². The van der Waals surface area contributed by atoms with Crippen LogP contribution in [0, 0.1) is 0 Å². The molecule has 18 heavy (non-hydrogen) atoms. The maximum absolute atomic E-state index is 6.07. The molecule has 0 saturated carbocycles. The normalized spacial score (nSPS) is 10.8. The molecule has 0 N–H and O–H groups in total. The van der Waals surface area contributed by atoms with Crippen LogP contribution in [0.2, 0.25) is 0 Å². The lowest BCUT2D eigenvalue weighted by molar-refractivity contribution is 0.148. The van der Waals surface area contributed by atoms with Gasteiger partial charge < -0.3 is 9.16 Å². The highest BCUT2D eigenvalue weighted by molar-refractivity contribution is 6.80. The molecular weight excluding hydrogens is 240 g/mol. The largest absolute Gasteiger partial charge is 0.409 e. The molecule has 0 heterocycles. The van der Waals surface area contributed by atoms with Gasteiger partial charge in [-0.15, -0.1) is 0 Å². The van der Waals surface area contributed by atoms with Crippen LogP contribution in [0.3, 0.4) is 0 Å². The fraction of sp³-hybridized carbons (Fsp3) is 0.200. The summed E-state index contributed by atoms with van der Waals surface area (Å²) >= 11 is 0. The second kappa shape index (κ2) is 7.11. The summed E-state index contributed by atoms with van der Waals surface area (Å²) in [6, 6.07) is 20.9. The second-order valence-electron chi connectivity index (χ2n) is 4.06. The van der Waals surface area contributed by atoms with Crippen molar-refractivity contribution in [1.29, 1.82) is 0 Å². The van der Waals surface area contributed by atoms with Crippen LogP contribution in [0.5, 0.6) is 0 Å². The molecule has 2 nitrogen and oxygen atoms in total. The zero-order valence-corrected chi connectivity index (χ0v) is 11.7. The molecule has 0 saturated heterocycles. The van der Waals surface area contributed by atoms with Gasteiger partial charge in [-0.3, -0.25) is 0 Å². The van der Waals surface area contributed by atoms with E-state index in [4.69, 9.17) is 9.16 Å². The minimum Gasteiger partial charge on any atom is -0.409 e. The number of hydrogen-bond acceptors (Lipinski definition) is 2. The van der Waals surface area contributed by atoms with E-state index in [1.807, 2.05) is 12.1 Å². The molecule has 0 atom stereocenters. The molecule has 0 spiro atoms. The van der Waals surface area contributed by atoms with Crippen molar-refractivity contribution in [3.8, 4) is 0 Å². The van der Waals surface area contributed by atoms with Gasteiger partial charge >= 0.3 is 0 Å². The SMILES string of the molecule is COCCO[SiH](c1ccccc1)c1ccccc1. The summed E-state index contributed by atoms with van der Waals surface area (Å²) in [5.74, 6) is 0. The molecule has 0 amide bonds. The molecule has 0 unspecified atom stereocenters. The Morgan fingerprint density at radius 1 is 0.778 bits per heavy atom. The Labute approximate surface area is 110 Å². The fourth-order valence-electron chi connectivity index (χ4n) is 1.89. The molecular formula is C15H18O2Si. The predicted molar refractivity (Wildman–Crippen MR) is 77.1 cm³/mol. The van der Waals surface area contributed by atoms with Crippen molar-refractivity contribution in [2.45, 2.75) is 0 Å². The molecule has 3 heteroatoms.